The maximum atomic E-state index is 2.97. The van der Waals surface area contributed by atoms with Crippen LogP contribution < -0.4 is 62.2 Å². The van der Waals surface area contributed by atoms with Gasteiger partial charge in [-0.1, -0.05) is 269 Å². The van der Waals surface area contributed by atoms with E-state index in [1.54, 1.807) is 54.5 Å². The topological polar surface area (TPSA) is 0 Å². The molecular formula is C57H106Si10. The van der Waals surface area contributed by atoms with E-state index in [1.807, 2.05) is 46.7 Å². The fourth-order valence-corrected chi connectivity index (χ4v) is 47.6. The van der Waals surface area contributed by atoms with Crippen LogP contribution in [0.3, 0.4) is 0 Å². The molecule has 10 heteroatoms. The molecule has 0 N–H and O–H groups in total. The first-order valence-corrected chi connectivity index (χ1v) is 59.9. The lowest BCUT2D eigenvalue weighted by Gasteiger charge is -2.54. The highest BCUT2D eigenvalue weighted by molar-refractivity contribution is 7.26. The van der Waals surface area contributed by atoms with E-state index in [0.29, 0.717) is 5.54 Å². The molecule has 0 spiro atoms. The molecule has 0 saturated carbocycles. The second kappa shape index (κ2) is 18.1. The van der Waals surface area contributed by atoms with E-state index in [4.69, 9.17) is 0 Å². The van der Waals surface area contributed by atoms with Crippen LogP contribution in [0.1, 0.15) is 44.4 Å². The van der Waals surface area contributed by atoms with Crippen LogP contribution in [-0.2, 0) is 0 Å². The molecule has 0 nitrogen and oxygen atoms in total. The summed E-state index contributed by atoms with van der Waals surface area (Å²) in [6.07, 6.45) is 0. The van der Waals surface area contributed by atoms with Crippen LogP contribution in [0, 0.1) is 20.8 Å². The SMILES string of the molecule is CC1=C(C)C([Si](c2c([Si](C)(C)C)cc([Si](C)(C)C)c(C)c2[Si](C)(C)C)(c2c([Si](C)(C)C)cc([Si](C)(C)C)c(C)c2[Si](C)(C)C)c2c([Si](C)(C)C)cc([Si](C)(C)C)c(C)c2[Si](C)(C)C)C(C)=C1C. The van der Waals surface area contributed by atoms with Gasteiger partial charge < -0.3 is 0 Å². The molecule has 1 aliphatic rings. The molecule has 4 rings (SSSR count). The molecule has 1 aliphatic carbocycles. The highest BCUT2D eigenvalue weighted by Gasteiger charge is 2.60. The molecule has 0 heterocycles. The highest BCUT2D eigenvalue weighted by atomic mass is 28.4. The Labute approximate surface area is 427 Å². The van der Waals surface area contributed by atoms with E-state index >= 15 is 0 Å². The van der Waals surface area contributed by atoms with E-state index in [9.17, 15) is 0 Å². The molecule has 0 aliphatic heterocycles. The second-order valence-corrected chi connectivity index (χ2v) is 80.1. The van der Waals surface area contributed by atoms with Gasteiger partial charge in [0.2, 0.25) is 0 Å². The van der Waals surface area contributed by atoms with E-state index in [0.717, 1.165) is 0 Å². The van der Waals surface area contributed by atoms with Gasteiger partial charge in [0.15, 0.2) is 8.07 Å². The van der Waals surface area contributed by atoms with Crippen LogP contribution in [0.15, 0.2) is 40.5 Å². The molecular weight excluding hydrogens is 965 g/mol. The van der Waals surface area contributed by atoms with E-state index in [1.165, 1.54) is 0 Å². The Bertz CT molecular complexity index is 2260. The van der Waals surface area contributed by atoms with Gasteiger partial charge in [-0.2, -0.15) is 0 Å². The van der Waals surface area contributed by atoms with Crippen molar-refractivity contribution in [3.05, 3.63) is 57.2 Å². The smallest absolute Gasteiger partial charge is 0.0656 e. The molecule has 0 atom stereocenters. The molecule has 0 saturated heterocycles. The third kappa shape index (κ3) is 10.6. The largest absolute Gasteiger partial charge is 0.158 e. The van der Waals surface area contributed by atoms with E-state index in [-0.39, 0.29) is 0 Å². The Kier molecular flexibility index (Phi) is 15.9. The van der Waals surface area contributed by atoms with Crippen molar-refractivity contribution in [1.29, 1.82) is 0 Å². The lowest BCUT2D eigenvalue weighted by molar-refractivity contribution is 1.09. The average molecular weight is 1070 g/mol. The maximum absolute atomic E-state index is 3.33. The number of benzene rings is 3. The molecule has 0 amide bonds. The summed E-state index contributed by atoms with van der Waals surface area (Å²) >= 11 is 0. The van der Waals surface area contributed by atoms with Gasteiger partial charge in [0.05, 0.1) is 72.7 Å². The van der Waals surface area contributed by atoms with Crippen LogP contribution in [0.5, 0.6) is 0 Å². The van der Waals surface area contributed by atoms with E-state index < -0.39 is 80.7 Å². The van der Waals surface area contributed by atoms with Crippen molar-refractivity contribution in [2.75, 3.05) is 0 Å². The summed E-state index contributed by atoms with van der Waals surface area (Å²) in [6.45, 7) is 92.0. The molecule has 0 radical (unpaired) electrons. The first-order valence-electron chi connectivity index (χ1n) is 26.3. The molecule has 0 fully saturated rings. The van der Waals surface area contributed by atoms with Crippen LogP contribution in [0.25, 0.3) is 0 Å². The Morgan fingerprint density at radius 3 is 0.567 bits per heavy atom. The summed E-state index contributed by atoms with van der Waals surface area (Å²) in [5, 5.41) is 22.3. The number of allylic oxidation sites excluding steroid dienone is 4. The predicted molar refractivity (Wildman–Crippen MR) is 346 cm³/mol. The van der Waals surface area contributed by atoms with Crippen LogP contribution in [0.2, 0.25) is 182 Å². The molecule has 3 aromatic carbocycles. The molecule has 3 aromatic rings. The summed E-state index contributed by atoms with van der Waals surface area (Å²) in [6, 6.07) is 8.91. The first kappa shape index (κ1) is 58.9. The van der Waals surface area contributed by atoms with Gasteiger partial charge in [0, 0.05) is 5.54 Å². The van der Waals surface area contributed by atoms with Crippen molar-refractivity contribution in [1.82, 2.24) is 0 Å². The van der Waals surface area contributed by atoms with Gasteiger partial charge in [0.1, 0.15) is 0 Å². The number of rotatable bonds is 13. The third-order valence-corrected chi connectivity index (χ3v) is 42.1. The first-order chi connectivity index (χ1) is 29.4. The van der Waals surface area contributed by atoms with Crippen LogP contribution in [-0.4, -0.2) is 80.7 Å². The van der Waals surface area contributed by atoms with E-state index in [2.05, 4.69) is 243 Å². The summed E-state index contributed by atoms with van der Waals surface area (Å²) in [4.78, 5) is 0. The Morgan fingerprint density at radius 2 is 0.418 bits per heavy atom. The van der Waals surface area contributed by atoms with Crippen molar-refractivity contribution in [2.45, 2.75) is 231 Å². The second-order valence-electron chi connectivity index (χ2n) is 31.1. The molecule has 374 valence electrons. The summed E-state index contributed by atoms with van der Waals surface area (Å²) < 4.78 is 0. The normalized spacial score (nSPS) is 16.0. The zero-order chi connectivity index (χ0) is 52.7. The van der Waals surface area contributed by atoms with Gasteiger partial charge in [-0.25, -0.2) is 0 Å². The lowest BCUT2D eigenvalue weighted by atomic mass is 10.1. The average Bonchev–Trinajstić information content (AvgIpc) is 3.25. The standard InChI is InChI=1S/C57H106Si10/c1-38-39(2)41(4)51(40(38)3)67(55-48(61(17,18)19)35-45(58(8,9)10)42(5)52(55)64(26,27)28,56-49(62(20,21)22)36-46(59(11,12)13)43(6)53(56)65(29,30)31)57-50(63(23,24)25)37-47(60(14,15)16)44(7)54(57)66(32,33)34/h35-37,51H,1-34H3. The van der Waals surface area contributed by atoms with Crippen molar-refractivity contribution >= 4 is 143 Å². The Hall–Kier alpha value is -0.691. The minimum absolute atomic E-state index is 0.347. The van der Waals surface area contributed by atoms with Crippen LogP contribution >= 0.6 is 0 Å². The van der Waals surface area contributed by atoms with Gasteiger partial charge in [0.25, 0.3) is 0 Å². The highest BCUT2D eigenvalue weighted by Crippen LogP contribution is 2.47. The summed E-state index contributed by atoms with van der Waals surface area (Å²) in [5.74, 6) is 0. The third-order valence-electron chi connectivity index (χ3n) is 16.1. The monoisotopic (exact) mass is 1070 g/mol. The number of hydrogen-bond acceptors (Lipinski definition) is 0. The van der Waals surface area contributed by atoms with Gasteiger partial charge in [-0.3, -0.25) is 0 Å². The Morgan fingerprint density at radius 1 is 0.239 bits per heavy atom. The molecule has 67 heavy (non-hydrogen) atoms. The summed E-state index contributed by atoms with van der Waals surface area (Å²) in [5.41, 5.74) is 12.0. The zero-order valence-corrected chi connectivity index (χ0v) is 60.8. The fourth-order valence-electron chi connectivity index (χ4n) is 13.3. The van der Waals surface area contributed by atoms with Crippen molar-refractivity contribution in [2.24, 2.45) is 0 Å². The fraction of sp³-hybridized carbons (Fsp3) is 0.614. The van der Waals surface area contributed by atoms with Gasteiger partial charge in [-0.15, -0.1) is 0 Å². The molecule has 0 unspecified atom stereocenters. The van der Waals surface area contributed by atoms with Crippen molar-refractivity contribution < 1.29 is 0 Å². The minimum Gasteiger partial charge on any atom is -0.0656 e. The Balaban J connectivity index is 3.07. The lowest BCUT2D eigenvalue weighted by Crippen LogP contribution is -2.91. The maximum Gasteiger partial charge on any atom is 0.158 e. The molecule has 0 bridgehead atoms. The molecule has 0 aromatic heterocycles. The van der Waals surface area contributed by atoms with Crippen LogP contribution in [0.4, 0.5) is 0 Å². The zero-order valence-electron chi connectivity index (χ0n) is 50.8. The van der Waals surface area contributed by atoms with Gasteiger partial charge in [-0.05, 0) is 75.2 Å². The van der Waals surface area contributed by atoms with Crippen molar-refractivity contribution in [3.63, 3.8) is 0 Å². The summed E-state index contributed by atoms with van der Waals surface area (Å²) in [7, 11) is -21.2. The van der Waals surface area contributed by atoms with Gasteiger partial charge >= 0.3 is 0 Å². The predicted octanol–water partition coefficient (Wildman–Crippen LogP) is 11.0. The quantitative estimate of drug-likeness (QED) is 0.118. The van der Waals surface area contributed by atoms with Crippen molar-refractivity contribution in [3.8, 4) is 0 Å². The minimum atomic E-state index is -3.33. The number of hydrogen-bond donors (Lipinski definition) is 0.